The Morgan fingerprint density at radius 2 is 2.00 bits per heavy atom. The number of hydrogen-bond donors (Lipinski definition) is 2. The number of nitrogens with one attached hydrogen (secondary N) is 1. The lowest BCUT2D eigenvalue weighted by Crippen LogP contribution is -2.51. The van der Waals surface area contributed by atoms with Gasteiger partial charge in [0.15, 0.2) is 0 Å². The van der Waals surface area contributed by atoms with E-state index in [1.54, 1.807) is 19.0 Å². The van der Waals surface area contributed by atoms with Gasteiger partial charge >= 0.3 is 0 Å². The molecule has 0 spiro atoms. The first-order valence-corrected chi connectivity index (χ1v) is 6.55. The van der Waals surface area contributed by atoms with Gasteiger partial charge in [-0.15, -0.1) is 0 Å². The Hall–Kier alpha value is -0.610. The third kappa shape index (κ3) is 4.28. The highest BCUT2D eigenvalue weighted by molar-refractivity contribution is 5.75. The van der Waals surface area contributed by atoms with E-state index in [-0.39, 0.29) is 18.1 Å². The lowest BCUT2D eigenvalue weighted by atomic mass is 9.77. The third-order valence-corrected chi connectivity index (χ3v) is 3.87. The normalized spacial score (nSPS) is 29.1. The van der Waals surface area contributed by atoms with Crippen LogP contribution in [0, 0.1) is 5.92 Å². The molecule has 0 saturated heterocycles. The van der Waals surface area contributed by atoms with Crippen LogP contribution in [0.15, 0.2) is 0 Å². The average Bonchev–Trinajstić information content (AvgIpc) is 2.32. The molecule has 0 radical (unpaired) electrons. The molecule has 0 unspecified atom stereocenters. The zero-order valence-electron chi connectivity index (χ0n) is 11.3. The standard InChI is InChI=1S/C13H26N2O2/c1-11-4-7-13(10-16,8-5-11)14-9-6-12(17)15(2)3/h11,14,16H,4-10H2,1-3H3. The number of nitrogens with zero attached hydrogens (tertiary/aromatic N) is 1. The first-order valence-electron chi connectivity index (χ1n) is 6.55. The maximum Gasteiger partial charge on any atom is 0.223 e. The molecule has 1 amide bonds. The van der Waals surface area contributed by atoms with Gasteiger partial charge in [0.25, 0.3) is 0 Å². The van der Waals surface area contributed by atoms with Crippen LogP contribution in [0.25, 0.3) is 0 Å². The second-order valence-electron chi connectivity index (χ2n) is 5.59. The van der Waals surface area contributed by atoms with E-state index >= 15 is 0 Å². The highest BCUT2D eigenvalue weighted by atomic mass is 16.3. The van der Waals surface area contributed by atoms with E-state index in [9.17, 15) is 9.90 Å². The molecule has 0 heterocycles. The van der Waals surface area contributed by atoms with Gasteiger partial charge in [0.05, 0.1) is 6.61 Å². The van der Waals surface area contributed by atoms with E-state index < -0.39 is 0 Å². The van der Waals surface area contributed by atoms with E-state index in [2.05, 4.69) is 12.2 Å². The SMILES string of the molecule is CC1CCC(CO)(NCCC(=O)N(C)C)CC1. The lowest BCUT2D eigenvalue weighted by molar-refractivity contribution is -0.128. The van der Waals surface area contributed by atoms with Crippen LogP contribution in [0.5, 0.6) is 0 Å². The maximum atomic E-state index is 11.5. The molecule has 4 nitrogen and oxygen atoms in total. The third-order valence-electron chi connectivity index (χ3n) is 3.87. The van der Waals surface area contributed by atoms with Crippen molar-refractivity contribution >= 4 is 5.91 Å². The summed E-state index contributed by atoms with van der Waals surface area (Å²) in [4.78, 5) is 13.1. The van der Waals surface area contributed by atoms with E-state index in [4.69, 9.17) is 0 Å². The largest absolute Gasteiger partial charge is 0.394 e. The second-order valence-corrected chi connectivity index (χ2v) is 5.59. The van der Waals surface area contributed by atoms with Crippen LogP contribution in [-0.4, -0.2) is 48.7 Å². The van der Waals surface area contributed by atoms with Gasteiger partial charge in [0.1, 0.15) is 0 Å². The zero-order chi connectivity index (χ0) is 12.9. The van der Waals surface area contributed by atoms with Crippen LogP contribution in [0.3, 0.4) is 0 Å². The number of aliphatic hydroxyl groups is 1. The van der Waals surface area contributed by atoms with E-state index in [0.29, 0.717) is 13.0 Å². The molecule has 1 aliphatic carbocycles. The molecule has 1 saturated carbocycles. The molecule has 1 aliphatic rings. The van der Waals surface area contributed by atoms with Gasteiger partial charge in [0, 0.05) is 32.6 Å². The number of carbonyl (C=O) groups is 1. The Bertz CT molecular complexity index is 246. The van der Waals surface area contributed by atoms with Crippen LogP contribution in [0.4, 0.5) is 0 Å². The lowest BCUT2D eigenvalue weighted by Gasteiger charge is -2.39. The van der Waals surface area contributed by atoms with Gasteiger partial charge in [-0.05, 0) is 31.6 Å². The van der Waals surface area contributed by atoms with Gasteiger partial charge in [0.2, 0.25) is 5.91 Å². The van der Waals surface area contributed by atoms with Gasteiger partial charge in [-0.25, -0.2) is 0 Å². The van der Waals surface area contributed by atoms with Crippen molar-refractivity contribution < 1.29 is 9.90 Å². The summed E-state index contributed by atoms with van der Waals surface area (Å²) < 4.78 is 0. The summed E-state index contributed by atoms with van der Waals surface area (Å²) in [5, 5.41) is 12.9. The molecule has 0 bridgehead atoms. The van der Waals surface area contributed by atoms with Crippen LogP contribution in [-0.2, 0) is 4.79 Å². The number of hydrogen-bond acceptors (Lipinski definition) is 3. The fourth-order valence-electron chi connectivity index (χ4n) is 2.36. The number of rotatable bonds is 5. The molecule has 1 fully saturated rings. The minimum absolute atomic E-state index is 0.134. The zero-order valence-corrected chi connectivity index (χ0v) is 11.3. The molecule has 0 aliphatic heterocycles. The highest BCUT2D eigenvalue weighted by Gasteiger charge is 2.32. The number of carbonyl (C=O) groups excluding carboxylic acids is 1. The summed E-state index contributed by atoms with van der Waals surface area (Å²) in [6, 6.07) is 0. The maximum absolute atomic E-state index is 11.5. The summed E-state index contributed by atoms with van der Waals surface area (Å²) in [6.07, 6.45) is 4.86. The van der Waals surface area contributed by atoms with Crippen LogP contribution in [0.2, 0.25) is 0 Å². The first kappa shape index (κ1) is 14.5. The average molecular weight is 242 g/mol. The molecule has 0 atom stereocenters. The number of amides is 1. The molecule has 100 valence electrons. The monoisotopic (exact) mass is 242 g/mol. The Morgan fingerprint density at radius 3 is 2.47 bits per heavy atom. The molecule has 4 heteroatoms. The Labute approximate surface area is 104 Å². The van der Waals surface area contributed by atoms with Crippen molar-refractivity contribution in [3.8, 4) is 0 Å². The van der Waals surface area contributed by atoms with E-state index in [1.807, 2.05) is 0 Å². The van der Waals surface area contributed by atoms with Crippen molar-refractivity contribution in [1.82, 2.24) is 10.2 Å². The van der Waals surface area contributed by atoms with Gasteiger partial charge < -0.3 is 15.3 Å². The van der Waals surface area contributed by atoms with Crippen LogP contribution in [0.1, 0.15) is 39.0 Å². The Morgan fingerprint density at radius 1 is 1.41 bits per heavy atom. The minimum atomic E-state index is -0.140. The van der Waals surface area contributed by atoms with Crippen molar-refractivity contribution in [2.24, 2.45) is 5.92 Å². The van der Waals surface area contributed by atoms with E-state index in [1.165, 1.54) is 0 Å². The number of aliphatic hydroxyl groups excluding tert-OH is 1. The van der Waals surface area contributed by atoms with Crippen molar-refractivity contribution in [3.63, 3.8) is 0 Å². The molecule has 2 N–H and O–H groups in total. The molecule has 17 heavy (non-hydrogen) atoms. The minimum Gasteiger partial charge on any atom is -0.394 e. The Balaban J connectivity index is 2.34. The van der Waals surface area contributed by atoms with Gasteiger partial charge in [-0.2, -0.15) is 0 Å². The quantitative estimate of drug-likeness (QED) is 0.756. The summed E-state index contributed by atoms with van der Waals surface area (Å²) in [5.74, 6) is 0.898. The summed E-state index contributed by atoms with van der Waals surface area (Å²) in [7, 11) is 3.54. The Kier molecular flexibility index (Phi) is 5.40. The highest BCUT2D eigenvalue weighted by Crippen LogP contribution is 2.31. The van der Waals surface area contributed by atoms with Gasteiger partial charge in [-0.1, -0.05) is 6.92 Å². The molecule has 0 aromatic carbocycles. The van der Waals surface area contributed by atoms with Crippen LogP contribution < -0.4 is 5.32 Å². The summed E-state index contributed by atoms with van der Waals surface area (Å²) >= 11 is 0. The molecule has 0 aromatic heterocycles. The fourth-order valence-corrected chi connectivity index (χ4v) is 2.36. The van der Waals surface area contributed by atoms with Crippen molar-refractivity contribution in [2.45, 2.75) is 44.6 Å². The molecular formula is C13H26N2O2. The fraction of sp³-hybridized carbons (Fsp3) is 0.923. The summed E-state index contributed by atoms with van der Waals surface area (Å²) in [5.41, 5.74) is -0.140. The molecular weight excluding hydrogens is 216 g/mol. The van der Waals surface area contributed by atoms with Gasteiger partial charge in [-0.3, -0.25) is 4.79 Å². The smallest absolute Gasteiger partial charge is 0.223 e. The van der Waals surface area contributed by atoms with Crippen molar-refractivity contribution in [1.29, 1.82) is 0 Å². The predicted molar refractivity (Wildman–Crippen MR) is 68.8 cm³/mol. The van der Waals surface area contributed by atoms with Crippen molar-refractivity contribution in [3.05, 3.63) is 0 Å². The molecule has 0 aromatic rings. The van der Waals surface area contributed by atoms with Crippen LogP contribution >= 0.6 is 0 Å². The van der Waals surface area contributed by atoms with Crippen molar-refractivity contribution in [2.75, 3.05) is 27.2 Å². The second kappa shape index (κ2) is 6.36. The topological polar surface area (TPSA) is 52.6 Å². The first-order chi connectivity index (χ1) is 7.99. The predicted octanol–water partition coefficient (Wildman–Crippen LogP) is 0.995. The van der Waals surface area contributed by atoms with E-state index in [0.717, 1.165) is 31.6 Å². The summed E-state index contributed by atoms with van der Waals surface area (Å²) in [6.45, 7) is 3.10. The molecule has 1 rings (SSSR count).